The number of H-pyrrole nitrogens is 1. The van der Waals surface area contributed by atoms with Crippen LogP contribution in [0.25, 0.3) is 10.9 Å². The minimum Gasteiger partial charge on any atom is -0.497 e. The minimum atomic E-state index is -0.171. The highest BCUT2D eigenvalue weighted by atomic mass is 32.1. The lowest BCUT2D eigenvalue weighted by Crippen LogP contribution is -2.42. The highest BCUT2D eigenvalue weighted by Gasteiger charge is 2.13. The van der Waals surface area contributed by atoms with Crippen molar-refractivity contribution in [3.63, 3.8) is 0 Å². The second-order valence-corrected chi connectivity index (χ2v) is 6.69. The Balaban J connectivity index is 2.24. The molecule has 6 nitrogen and oxygen atoms in total. The fraction of sp³-hybridized carbons (Fsp3) is 0.444. The van der Waals surface area contributed by atoms with Gasteiger partial charge in [-0.3, -0.25) is 4.79 Å². The third kappa shape index (κ3) is 5.17. The smallest absolute Gasteiger partial charge is 0.253 e. The van der Waals surface area contributed by atoms with Gasteiger partial charge in [-0.1, -0.05) is 13.8 Å². The normalized spacial score (nSPS) is 10.9. The standard InChI is InChI=1S/C18H25N3O3S/c1-12(2)10-19-18(25)21(6-7-22)11-14-8-13-4-5-15(24-3)9-16(13)20-17(14)23/h4-5,8-9,12,22H,6-7,10-11H2,1-3H3,(H,19,25)(H,20,23). The molecule has 0 bridgehead atoms. The monoisotopic (exact) mass is 363 g/mol. The maximum atomic E-state index is 12.4. The second-order valence-electron chi connectivity index (χ2n) is 6.30. The number of aromatic nitrogens is 1. The summed E-state index contributed by atoms with van der Waals surface area (Å²) in [5.41, 5.74) is 1.15. The Morgan fingerprint density at radius 1 is 1.40 bits per heavy atom. The number of methoxy groups -OCH3 is 1. The average Bonchev–Trinajstić information content (AvgIpc) is 2.59. The number of fused-ring (bicyclic) bond motifs is 1. The lowest BCUT2D eigenvalue weighted by Gasteiger charge is -2.25. The number of rotatable bonds is 7. The Kier molecular flexibility index (Phi) is 6.78. The van der Waals surface area contributed by atoms with Gasteiger partial charge in [0.05, 0.1) is 25.8 Å². The summed E-state index contributed by atoms with van der Waals surface area (Å²) in [5, 5.41) is 13.9. The highest BCUT2D eigenvalue weighted by molar-refractivity contribution is 7.80. The molecule has 7 heteroatoms. The predicted octanol–water partition coefficient (Wildman–Crippen LogP) is 1.86. The molecule has 0 spiro atoms. The quantitative estimate of drug-likeness (QED) is 0.652. The van der Waals surface area contributed by atoms with Gasteiger partial charge in [0.2, 0.25) is 0 Å². The molecule has 0 atom stereocenters. The van der Waals surface area contributed by atoms with Gasteiger partial charge in [0.1, 0.15) is 5.75 Å². The summed E-state index contributed by atoms with van der Waals surface area (Å²) in [6, 6.07) is 7.40. The van der Waals surface area contributed by atoms with E-state index >= 15 is 0 Å². The van der Waals surface area contributed by atoms with Crippen LogP contribution in [0.2, 0.25) is 0 Å². The fourth-order valence-electron chi connectivity index (χ4n) is 2.45. The first-order valence-corrected chi connectivity index (χ1v) is 8.69. The number of benzene rings is 1. The molecule has 0 aliphatic carbocycles. The Morgan fingerprint density at radius 3 is 2.80 bits per heavy atom. The maximum absolute atomic E-state index is 12.4. The van der Waals surface area contributed by atoms with Gasteiger partial charge in [0.25, 0.3) is 5.56 Å². The van der Waals surface area contributed by atoms with Crippen molar-refractivity contribution in [2.45, 2.75) is 20.4 Å². The summed E-state index contributed by atoms with van der Waals surface area (Å²) in [6.07, 6.45) is 0. The number of hydrogen-bond acceptors (Lipinski definition) is 4. The second kappa shape index (κ2) is 8.82. The minimum absolute atomic E-state index is 0.0355. The van der Waals surface area contributed by atoms with E-state index in [9.17, 15) is 9.90 Å². The molecule has 0 amide bonds. The summed E-state index contributed by atoms with van der Waals surface area (Å²) in [5.74, 6) is 1.14. The third-order valence-corrected chi connectivity index (χ3v) is 4.21. The van der Waals surface area contributed by atoms with Gasteiger partial charge >= 0.3 is 0 Å². The molecule has 2 rings (SSSR count). The summed E-state index contributed by atoms with van der Waals surface area (Å²) in [6.45, 7) is 5.59. The molecule has 0 aliphatic heterocycles. The van der Waals surface area contributed by atoms with Crippen LogP contribution in [0.3, 0.4) is 0 Å². The summed E-state index contributed by atoms with van der Waals surface area (Å²) < 4.78 is 5.18. The van der Waals surface area contributed by atoms with E-state index in [1.807, 2.05) is 18.2 Å². The molecule has 136 valence electrons. The molecule has 25 heavy (non-hydrogen) atoms. The number of thiocarbonyl (C=S) groups is 1. The van der Waals surface area contributed by atoms with Gasteiger partial charge in [-0.15, -0.1) is 0 Å². The number of nitrogens with one attached hydrogen (secondary N) is 2. The van der Waals surface area contributed by atoms with Crippen molar-refractivity contribution in [3.8, 4) is 5.75 Å². The van der Waals surface area contributed by atoms with Crippen LogP contribution in [0.4, 0.5) is 0 Å². The Morgan fingerprint density at radius 2 is 2.16 bits per heavy atom. The van der Waals surface area contributed by atoms with E-state index in [-0.39, 0.29) is 12.2 Å². The molecule has 0 fully saturated rings. The van der Waals surface area contributed by atoms with E-state index in [0.717, 1.165) is 17.4 Å². The summed E-state index contributed by atoms with van der Waals surface area (Å²) in [4.78, 5) is 17.1. The zero-order chi connectivity index (χ0) is 18.4. The van der Waals surface area contributed by atoms with Crippen LogP contribution in [0.15, 0.2) is 29.1 Å². The van der Waals surface area contributed by atoms with Crippen molar-refractivity contribution >= 4 is 28.2 Å². The molecule has 0 radical (unpaired) electrons. The number of aromatic amines is 1. The van der Waals surface area contributed by atoms with Crippen LogP contribution in [-0.4, -0.2) is 46.9 Å². The molecular formula is C18H25N3O3S. The Labute approximate surface area is 152 Å². The van der Waals surface area contributed by atoms with Gasteiger partial charge in [-0.25, -0.2) is 0 Å². The van der Waals surface area contributed by atoms with Crippen molar-refractivity contribution in [1.82, 2.24) is 15.2 Å². The van der Waals surface area contributed by atoms with Gasteiger partial charge < -0.3 is 25.0 Å². The number of hydrogen-bond donors (Lipinski definition) is 3. The van der Waals surface area contributed by atoms with Gasteiger partial charge in [-0.05, 0) is 41.7 Å². The number of aliphatic hydroxyl groups is 1. The lowest BCUT2D eigenvalue weighted by molar-refractivity contribution is 0.245. The van der Waals surface area contributed by atoms with Crippen molar-refractivity contribution in [2.24, 2.45) is 5.92 Å². The van der Waals surface area contributed by atoms with Crippen LogP contribution < -0.4 is 15.6 Å². The highest BCUT2D eigenvalue weighted by Crippen LogP contribution is 2.18. The first-order valence-electron chi connectivity index (χ1n) is 8.28. The largest absolute Gasteiger partial charge is 0.497 e. The number of pyridine rings is 1. The average molecular weight is 363 g/mol. The molecule has 0 unspecified atom stereocenters. The first kappa shape index (κ1) is 19.2. The molecule has 0 aliphatic rings. The molecule has 1 aromatic carbocycles. The van der Waals surface area contributed by atoms with E-state index in [0.29, 0.717) is 35.4 Å². The first-order chi connectivity index (χ1) is 11.9. The molecule has 0 saturated heterocycles. The van der Waals surface area contributed by atoms with Crippen molar-refractivity contribution in [2.75, 3.05) is 26.8 Å². The summed E-state index contributed by atoms with van der Waals surface area (Å²) in [7, 11) is 1.59. The van der Waals surface area contributed by atoms with Crippen LogP contribution in [0, 0.1) is 5.92 Å². The lowest BCUT2D eigenvalue weighted by atomic mass is 10.1. The zero-order valence-corrected chi connectivity index (χ0v) is 15.7. The number of aliphatic hydroxyl groups excluding tert-OH is 1. The van der Waals surface area contributed by atoms with Gasteiger partial charge in [0, 0.05) is 24.7 Å². The van der Waals surface area contributed by atoms with Crippen molar-refractivity contribution < 1.29 is 9.84 Å². The van der Waals surface area contributed by atoms with Crippen molar-refractivity contribution in [3.05, 3.63) is 40.2 Å². The van der Waals surface area contributed by atoms with Gasteiger partial charge in [-0.2, -0.15) is 0 Å². The van der Waals surface area contributed by atoms with E-state index in [4.69, 9.17) is 17.0 Å². The molecular weight excluding hydrogens is 338 g/mol. The number of nitrogens with zero attached hydrogens (tertiary/aromatic N) is 1. The van der Waals surface area contributed by atoms with E-state index in [1.165, 1.54) is 0 Å². The zero-order valence-electron chi connectivity index (χ0n) is 14.8. The topological polar surface area (TPSA) is 77.6 Å². The molecule has 1 heterocycles. The SMILES string of the molecule is COc1ccc2cc(CN(CCO)C(=S)NCC(C)C)c(=O)[nH]c2c1. The van der Waals surface area contributed by atoms with E-state index in [2.05, 4.69) is 24.1 Å². The predicted molar refractivity (Wildman–Crippen MR) is 104 cm³/mol. The summed E-state index contributed by atoms with van der Waals surface area (Å²) >= 11 is 5.41. The van der Waals surface area contributed by atoms with Crippen LogP contribution in [0.1, 0.15) is 19.4 Å². The molecule has 1 aromatic heterocycles. The van der Waals surface area contributed by atoms with Gasteiger partial charge in [0.15, 0.2) is 5.11 Å². The maximum Gasteiger partial charge on any atom is 0.253 e. The van der Waals surface area contributed by atoms with Crippen LogP contribution >= 0.6 is 12.2 Å². The Bertz CT molecular complexity index is 789. The van der Waals surface area contributed by atoms with Crippen LogP contribution in [-0.2, 0) is 6.54 Å². The number of ether oxygens (including phenoxy) is 1. The van der Waals surface area contributed by atoms with Crippen molar-refractivity contribution in [1.29, 1.82) is 0 Å². The molecule has 2 aromatic rings. The van der Waals surface area contributed by atoms with Crippen LogP contribution in [0.5, 0.6) is 5.75 Å². The van der Waals surface area contributed by atoms with E-state index < -0.39 is 0 Å². The Hall–Kier alpha value is -2.12. The third-order valence-electron chi connectivity index (χ3n) is 3.81. The fourth-order valence-corrected chi connectivity index (χ4v) is 2.69. The molecule has 3 N–H and O–H groups in total. The molecule has 0 saturated carbocycles. The van der Waals surface area contributed by atoms with E-state index in [1.54, 1.807) is 18.1 Å².